The van der Waals surface area contributed by atoms with E-state index in [1.807, 2.05) is 14.1 Å². The quantitative estimate of drug-likeness (QED) is 0.909. The molecule has 0 fully saturated rings. The first-order valence-electron chi connectivity index (χ1n) is 7.42. The Morgan fingerprint density at radius 2 is 2.13 bits per heavy atom. The van der Waals surface area contributed by atoms with Crippen LogP contribution in [0.5, 0.6) is 5.88 Å². The highest BCUT2D eigenvalue weighted by molar-refractivity contribution is 5.96. The van der Waals surface area contributed by atoms with E-state index in [1.165, 1.54) is 0 Å². The van der Waals surface area contributed by atoms with Crippen LogP contribution in [-0.4, -0.2) is 46.9 Å². The van der Waals surface area contributed by atoms with Crippen molar-refractivity contribution in [3.05, 3.63) is 23.1 Å². The lowest BCUT2D eigenvalue weighted by Crippen LogP contribution is -2.18. The Kier molecular flexibility index (Phi) is 3.67. The monoisotopic (exact) mass is 316 g/mol. The van der Waals surface area contributed by atoms with E-state index >= 15 is 0 Å². The van der Waals surface area contributed by atoms with Crippen LogP contribution >= 0.6 is 0 Å². The zero-order valence-electron chi connectivity index (χ0n) is 13.9. The molecule has 0 aromatic carbocycles. The number of carbonyl (C=O) groups excluding carboxylic acids is 1. The predicted molar refractivity (Wildman–Crippen MR) is 85.3 cm³/mol. The fourth-order valence-electron chi connectivity index (χ4n) is 2.71. The molecule has 0 saturated heterocycles. The fourth-order valence-corrected chi connectivity index (χ4v) is 2.71. The summed E-state index contributed by atoms with van der Waals surface area (Å²) in [5.41, 5.74) is 3.00. The molecule has 0 bridgehead atoms. The average molecular weight is 316 g/mol. The Bertz CT molecular complexity index is 766. The summed E-state index contributed by atoms with van der Waals surface area (Å²) in [4.78, 5) is 22.5. The normalized spacial score (nSPS) is 13.2. The van der Waals surface area contributed by atoms with Crippen molar-refractivity contribution in [3.63, 3.8) is 0 Å². The van der Waals surface area contributed by atoms with Gasteiger partial charge >= 0.3 is 0 Å². The maximum Gasteiger partial charge on any atom is 0.272 e. The predicted octanol–water partition coefficient (Wildman–Crippen LogP) is 1.10. The first-order valence-corrected chi connectivity index (χ1v) is 7.42. The minimum atomic E-state index is -0.148. The van der Waals surface area contributed by atoms with Crippen LogP contribution in [0.15, 0.2) is 6.20 Å². The van der Waals surface area contributed by atoms with Crippen molar-refractivity contribution in [2.24, 2.45) is 0 Å². The number of nitrogens with one attached hydrogen (secondary N) is 1. The van der Waals surface area contributed by atoms with Gasteiger partial charge in [-0.15, -0.1) is 0 Å². The molecule has 0 aliphatic carbocycles. The second-order valence-electron chi connectivity index (χ2n) is 5.92. The summed E-state index contributed by atoms with van der Waals surface area (Å²) < 4.78 is 7.14. The van der Waals surface area contributed by atoms with Crippen LogP contribution in [0.25, 0.3) is 5.69 Å². The van der Waals surface area contributed by atoms with Gasteiger partial charge in [-0.05, 0) is 5.92 Å². The number of nitrogens with zero attached hydrogens (tertiary/aromatic N) is 5. The molecular weight excluding hydrogens is 296 g/mol. The van der Waals surface area contributed by atoms with Crippen LogP contribution in [0.3, 0.4) is 0 Å². The minimum absolute atomic E-state index is 0.148. The molecular formula is C15H20N6O2. The lowest BCUT2D eigenvalue weighted by atomic mass is 10.0. The first-order chi connectivity index (χ1) is 10.9. The number of anilines is 1. The van der Waals surface area contributed by atoms with Gasteiger partial charge in [-0.2, -0.15) is 10.1 Å². The van der Waals surface area contributed by atoms with Gasteiger partial charge in [0.15, 0.2) is 5.69 Å². The van der Waals surface area contributed by atoms with Gasteiger partial charge in [0.25, 0.3) is 5.91 Å². The van der Waals surface area contributed by atoms with Gasteiger partial charge in [-0.1, -0.05) is 13.8 Å². The highest BCUT2D eigenvalue weighted by Crippen LogP contribution is 2.31. The molecule has 23 heavy (non-hydrogen) atoms. The van der Waals surface area contributed by atoms with Gasteiger partial charge in [0, 0.05) is 26.2 Å². The summed E-state index contributed by atoms with van der Waals surface area (Å²) in [6.45, 7) is 4.64. The van der Waals surface area contributed by atoms with Gasteiger partial charge < -0.3 is 15.0 Å². The number of methoxy groups -OCH3 is 1. The number of ether oxygens (including phenoxy) is 1. The summed E-state index contributed by atoms with van der Waals surface area (Å²) >= 11 is 0. The maximum atomic E-state index is 11.9. The fraction of sp³-hybridized carbons (Fsp3) is 0.467. The topological polar surface area (TPSA) is 85.2 Å². The van der Waals surface area contributed by atoms with Crippen LogP contribution in [0.1, 0.15) is 41.5 Å². The highest BCUT2D eigenvalue weighted by Gasteiger charge is 2.31. The summed E-state index contributed by atoms with van der Waals surface area (Å²) in [6, 6.07) is 0. The van der Waals surface area contributed by atoms with E-state index in [9.17, 15) is 4.79 Å². The van der Waals surface area contributed by atoms with E-state index in [4.69, 9.17) is 4.74 Å². The van der Waals surface area contributed by atoms with Gasteiger partial charge in [0.2, 0.25) is 11.8 Å². The van der Waals surface area contributed by atoms with E-state index in [1.54, 1.807) is 22.9 Å². The van der Waals surface area contributed by atoms with Crippen molar-refractivity contribution in [1.82, 2.24) is 25.1 Å². The average Bonchev–Trinajstić information content (AvgIpc) is 3.06. The smallest absolute Gasteiger partial charge is 0.272 e. The zero-order chi connectivity index (χ0) is 16.7. The summed E-state index contributed by atoms with van der Waals surface area (Å²) in [6.07, 6.45) is 1.67. The summed E-state index contributed by atoms with van der Waals surface area (Å²) in [5, 5.41) is 7.29. The molecule has 2 aromatic rings. The van der Waals surface area contributed by atoms with Gasteiger partial charge in [0.05, 0.1) is 19.0 Å². The molecule has 8 heteroatoms. The van der Waals surface area contributed by atoms with Crippen molar-refractivity contribution < 1.29 is 9.53 Å². The van der Waals surface area contributed by atoms with Crippen molar-refractivity contribution in [1.29, 1.82) is 0 Å². The maximum absolute atomic E-state index is 11.9. The van der Waals surface area contributed by atoms with Crippen LogP contribution in [-0.2, 0) is 6.54 Å². The third-order valence-corrected chi connectivity index (χ3v) is 3.76. The number of aromatic nitrogens is 4. The molecule has 1 N–H and O–H groups in total. The van der Waals surface area contributed by atoms with Crippen LogP contribution in [0, 0.1) is 0 Å². The molecule has 8 nitrogen and oxygen atoms in total. The van der Waals surface area contributed by atoms with Crippen molar-refractivity contribution >= 4 is 11.9 Å². The van der Waals surface area contributed by atoms with E-state index in [-0.39, 0.29) is 11.8 Å². The summed E-state index contributed by atoms with van der Waals surface area (Å²) in [5.74, 6) is 1.02. The van der Waals surface area contributed by atoms with Crippen molar-refractivity contribution in [2.45, 2.75) is 26.3 Å². The molecule has 3 heterocycles. The molecule has 1 aliphatic heterocycles. The highest BCUT2D eigenvalue weighted by atomic mass is 16.5. The second-order valence-corrected chi connectivity index (χ2v) is 5.92. The number of rotatable bonds is 4. The van der Waals surface area contributed by atoms with E-state index in [0.717, 1.165) is 11.3 Å². The standard InChI is InChI=1S/C15H20N6O2/c1-8(2)12-9-6-16-13(22)11(9)19-21(12)10-7-17-15(20(3)4)18-14(10)23-5/h7-8H,6H2,1-5H3,(H,16,22). The Morgan fingerprint density at radius 3 is 2.74 bits per heavy atom. The first kappa shape index (κ1) is 15.3. The third-order valence-electron chi connectivity index (χ3n) is 3.76. The molecule has 3 rings (SSSR count). The lowest BCUT2D eigenvalue weighted by Gasteiger charge is -2.16. The number of carbonyl (C=O) groups is 1. The summed E-state index contributed by atoms with van der Waals surface area (Å²) in [7, 11) is 5.28. The molecule has 1 amide bonds. The van der Waals surface area contributed by atoms with E-state index in [0.29, 0.717) is 29.8 Å². The Morgan fingerprint density at radius 1 is 1.39 bits per heavy atom. The van der Waals surface area contributed by atoms with Gasteiger partial charge in [0.1, 0.15) is 5.69 Å². The van der Waals surface area contributed by atoms with Crippen LogP contribution in [0.4, 0.5) is 5.95 Å². The largest absolute Gasteiger partial charge is 0.479 e. The molecule has 122 valence electrons. The lowest BCUT2D eigenvalue weighted by molar-refractivity contribution is 0.0960. The Hall–Kier alpha value is -2.64. The minimum Gasteiger partial charge on any atom is -0.479 e. The second kappa shape index (κ2) is 5.53. The Labute approximate surface area is 134 Å². The molecule has 0 saturated carbocycles. The van der Waals surface area contributed by atoms with Crippen molar-refractivity contribution in [3.8, 4) is 11.6 Å². The molecule has 2 aromatic heterocycles. The third kappa shape index (κ3) is 2.39. The van der Waals surface area contributed by atoms with Gasteiger partial charge in [-0.3, -0.25) is 4.79 Å². The molecule has 1 aliphatic rings. The zero-order valence-corrected chi connectivity index (χ0v) is 13.9. The van der Waals surface area contributed by atoms with Crippen LogP contribution in [0.2, 0.25) is 0 Å². The molecule has 0 atom stereocenters. The van der Waals surface area contributed by atoms with E-state index in [2.05, 4.69) is 34.2 Å². The number of hydrogen-bond donors (Lipinski definition) is 1. The SMILES string of the molecule is COc1nc(N(C)C)ncc1-n1nc2c(c1C(C)C)CNC2=O. The number of amides is 1. The molecule has 0 unspecified atom stereocenters. The van der Waals surface area contributed by atoms with Crippen LogP contribution < -0.4 is 15.0 Å². The molecule has 0 spiro atoms. The van der Waals surface area contributed by atoms with E-state index < -0.39 is 0 Å². The van der Waals surface area contributed by atoms with Gasteiger partial charge in [-0.25, -0.2) is 9.67 Å². The Balaban J connectivity index is 2.19. The number of fused-ring (bicyclic) bond motifs is 1. The number of hydrogen-bond acceptors (Lipinski definition) is 6. The molecule has 0 radical (unpaired) electrons. The van der Waals surface area contributed by atoms with Crippen molar-refractivity contribution in [2.75, 3.05) is 26.1 Å².